The number of ether oxygens (including phenoxy) is 1. The van der Waals surface area contributed by atoms with E-state index in [1.54, 1.807) is 0 Å². The first-order chi connectivity index (χ1) is 12.1. The summed E-state index contributed by atoms with van der Waals surface area (Å²) in [5, 5.41) is 3.75. The van der Waals surface area contributed by atoms with Crippen molar-refractivity contribution in [3.8, 4) is 5.75 Å². The summed E-state index contributed by atoms with van der Waals surface area (Å²) in [5.41, 5.74) is 2.14. The van der Waals surface area contributed by atoms with Crippen LogP contribution in [0.4, 0.5) is 0 Å². The van der Waals surface area contributed by atoms with E-state index in [0.29, 0.717) is 13.2 Å². The molecule has 3 rings (SSSR count). The number of hydrogen-bond donors (Lipinski definition) is 1. The van der Waals surface area contributed by atoms with E-state index in [4.69, 9.17) is 16.3 Å². The van der Waals surface area contributed by atoms with E-state index in [0.717, 1.165) is 41.4 Å². The number of carbonyl (C=O) groups excluding carboxylic acids is 1. The molecule has 1 N–H and O–H groups in total. The molecule has 1 amide bonds. The second kappa shape index (κ2) is 8.37. The third kappa shape index (κ3) is 5.21. The SMILES string of the molecule is CN1CC[C@H](C(=O)NCc2ccc(OCc3ccc(Cl)cc3)cc2)C1. The van der Waals surface area contributed by atoms with Gasteiger partial charge in [0, 0.05) is 18.1 Å². The Hall–Kier alpha value is -2.04. The van der Waals surface area contributed by atoms with Gasteiger partial charge >= 0.3 is 0 Å². The molecule has 0 radical (unpaired) electrons. The third-order valence-corrected chi connectivity index (χ3v) is 4.72. The van der Waals surface area contributed by atoms with Crippen molar-refractivity contribution < 1.29 is 9.53 Å². The van der Waals surface area contributed by atoms with Crippen LogP contribution in [0.25, 0.3) is 0 Å². The predicted molar refractivity (Wildman–Crippen MR) is 99.7 cm³/mol. The lowest BCUT2D eigenvalue weighted by Gasteiger charge is -2.12. The van der Waals surface area contributed by atoms with Crippen molar-refractivity contribution in [3.63, 3.8) is 0 Å². The van der Waals surface area contributed by atoms with Crippen LogP contribution in [-0.4, -0.2) is 30.9 Å². The number of benzene rings is 2. The lowest BCUT2D eigenvalue weighted by molar-refractivity contribution is -0.124. The molecule has 4 nitrogen and oxygen atoms in total. The highest BCUT2D eigenvalue weighted by Crippen LogP contribution is 2.17. The molecule has 5 heteroatoms. The van der Waals surface area contributed by atoms with Crippen molar-refractivity contribution in [1.29, 1.82) is 0 Å². The fourth-order valence-electron chi connectivity index (χ4n) is 2.93. The number of rotatable bonds is 6. The number of hydrogen-bond acceptors (Lipinski definition) is 3. The molecule has 1 saturated heterocycles. The molecule has 132 valence electrons. The molecule has 2 aromatic rings. The van der Waals surface area contributed by atoms with Gasteiger partial charge in [-0.05, 0) is 55.4 Å². The number of amides is 1. The summed E-state index contributed by atoms with van der Waals surface area (Å²) in [6, 6.07) is 15.4. The van der Waals surface area contributed by atoms with E-state index in [-0.39, 0.29) is 11.8 Å². The number of likely N-dealkylation sites (tertiary alicyclic amines) is 1. The lowest BCUT2D eigenvalue weighted by atomic mass is 10.1. The standard InChI is InChI=1S/C20H23ClN2O2/c1-23-11-10-17(13-23)20(24)22-12-15-4-8-19(9-5-15)25-14-16-2-6-18(21)7-3-16/h2-9,17H,10-14H2,1H3,(H,22,24)/t17-/m0/s1. The Morgan fingerprint density at radius 3 is 2.48 bits per heavy atom. The fourth-order valence-corrected chi connectivity index (χ4v) is 3.06. The summed E-state index contributed by atoms with van der Waals surface area (Å²) in [6.45, 7) is 2.90. The largest absolute Gasteiger partial charge is 0.489 e. The van der Waals surface area contributed by atoms with Crippen LogP contribution in [0.2, 0.25) is 5.02 Å². The highest BCUT2D eigenvalue weighted by Gasteiger charge is 2.25. The van der Waals surface area contributed by atoms with Crippen LogP contribution in [0.5, 0.6) is 5.75 Å². The second-order valence-electron chi connectivity index (χ2n) is 6.52. The van der Waals surface area contributed by atoms with Gasteiger partial charge in [0.1, 0.15) is 12.4 Å². The predicted octanol–water partition coefficient (Wildman–Crippen LogP) is 3.49. The van der Waals surface area contributed by atoms with Crippen LogP contribution in [0.15, 0.2) is 48.5 Å². The van der Waals surface area contributed by atoms with Gasteiger partial charge in [0.2, 0.25) is 5.91 Å². The maximum Gasteiger partial charge on any atom is 0.224 e. The molecule has 2 aromatic carbocycles. The molecule has 1 heterocycles. The third-order valence-electron chi connectivity index (χ3n) is 4.47. The first kappa shape index (κ1) is 17.8. The van der Waals surface area contributed by atoms with Gasteiger partial charge in [-0.3, -0.25) is 4.79 Å². The van der Waals surface area contributed by atoms with Gasteiger partial charge in [-0.1, -0.05) is 35.9 Å². The number of halogens is 1. The quantitative estimate of drug-likeness (QED) is 0.859. The number of nitrogens with one attached hydrogen (secondary N) is 1. The Morgan fingerprint density at radius 2 is 1.84 bits per heavy atom. The van der Waals surface area contributed by atoms with Crippen molar-refractivity contribution >= 4 is 17.5 Å². The van der Waals surface area contributed by atoms with Gasteiger partial charge in [0.25, 0.3) is 0 Å². The van der Waals surface area contributed by atoms with Gasteiger partial charge in [0.15, 0.2) is 0 Å². The Kier molecular flexibility index (Phi) is 5.95. The summed E-state index contributed by atoms with van der Waals surface area (Å²) in [6.07, 6.45) is 0.944. The molecule has 0 saturated carbocycles. The molecule has 1 fully saturated rings. The van der Waals surface area contributed by atoms with Gasteiger partial charge in [-0.2, -0.15) is 0 Å². The van der Waals surface area contributed by atoms with E-state index in [2.05, 4.69) is 17.3 Å². The van der Waals surface area contributed by atoms with Crippen molar-refractivity contribution in [2.45, 2.75) is 19.6 Å². The van der Waals surface area contributed by atoms with Crippen LogP contribution in [0.1, 0.15) is 17.5 Å². The van der Waals surface area contributed by atoms with Gasteiger partial charge < -0.3 is 15.0 Å². The van der Waals surface area contributed by atoms with Gasteiger partial charge in [-0.25, -0.2) is 0 Å². The highest BCUT2D eigenvalue weighted by molar-refractivity contribution is 6.30. The first-order valence-electron chi connectivity index (χ1n) is 8.52. The van der Waals surface area contributed by atoms with E-state index in [1.165, 1.54) is 0 Å². The molecule has 0 unspecified atom stereocenters. The Bertz CT molecular complexity index is 701. The topological polar surface area (TPSA) is 41.6 Å². The van der Waals surface area contributed by atoms with Crippen LogP contribution in [0, 0.1) is 5.92 Å². The molecule has 0 aromatic heterocycles. The maximum absolute atomic E-state index is 12.1. The zero-order valence-electron chi connectivity index (χ0n) is 14.4. The van der Waals surface area contributed by atoms with Crippen LogP contribution >= 0.6 is 11.6 Å². The summed E-state index contributed by atoms with van der Waals surface area (Å²) >= 11 is 5.87. The van der Waals surface area contributed by atoms with Crippen molar-refractivity contribution in [2.75, 3.05) is 20.1 Å². The highest BCUT2D eigenvalue weighted by atomic mass is 35.5. The Labute approximate surface area is 153 Å². The normalized spacial score (nSPS) is 17.4. The summed E-state index contributed by atoms with van der Waals surface area (Å²) in [4.78, 5) is 14.3. The fraction of sp³-hybridized carbons (Fsp3) is 0.350. The summed E-state index contributed by atoms with van der Waals surface area (Å²) in [5.74, 6) is 1.07. The molecule has 1 aliphatic rings. The molecule has 25 heavy (non-hydrogen) atoms. The summed E-state index contributed by atoms with van der Waals surface area (Å²) in [7, 11) is 2.05. The van der Waals surface area contributed by atoms with Crippen molar-refractivity contribution in [1.82, 2.24) is 10.2 Å². The second-order valence-corrected chi connectivity index (χ2v) is 6.96. The molecular formula is C20H23ClN2O2. The van der Waals surface area contributed by atoms with Gasteiger partial charge in [-0.15, -0.1) is 0 Å². The molecule has 0 spiro atoms. The average molecular weight is 359 g/mol. The van der Waals surface area contributed by atoms with Crippen LogP contribution in [0.3, 0.4) is 0 Å². The zero-order chi connectivity index (χ0) is 17.6. The van der Waals surface area contributed by atoms with E-state index < -0.39 is 0 Å². The Balaban J connectivity index is 1.45. The number of carbonyl (C=O) groups is 1. The molecule has 0 aliphatic carbocycles. The lowest BCUT2D eigenvalue weighted by Crippen LogP contribution is -2.31. The minimum Gasteiger partial charge on any atom is -0.489 e. The maximum atomic E-state index is 12.1. The molecule has 0 bridgehead atoms. The smallest absolute Gasteiger partial charge is 0.224 e. The molecule has 1 aliphatic heterocycles. The van der Waals surface area contributed by atoms with E-state index in [1.807, 2.05) is 48.5 Å². The van der Waals surface area contributed by atoms with E-state index in [9.17, 15) is 4.79 Å². The first-order valence-corrected chi connectivity index (χ1v) is 8.90. The average Bonchev–Trinajstić information content (AvgIpc) is 3.07. The minimum atomic E-state index is 0.118. The van der Waals surface area contributed by atoms with Gasteiger partial charge in [0.05, 0.1) is 5.92 Å². The monoisotopic (exact) mass is 358 g/mol. The van der Waals surface area contributed by atoms with E-state index >= 15 is 0 Å². The van der Waals surface area contributed by atoms with Crippen molar-refractivity contribution in [3.05, 3.63) is 64.7 Å². The number of nitrogens with zero attached hydrogens (tertiary/aromatic N) is 1. The van der Waals surface area contributed by atoms with Crippen LogP contribution < -0.4 is 10.1 Å². The molecular weight excluding hydrogens is 336 g/mol. The molecule has 1 atom stereocenters. The minimum absolute atomic E-state index is 0.118. The van der Waals surface area contributed by atoms with Crippen LogP contribution in [-0.2, 0) is 17.9 Å². The van der Waals surface area contributed by atoms with Crippen molar-refractivity contribution in [2.24, 2.45) is 5.92 Å². The summed E-state index contributed by atoms with van der Waals surface area (Å²) < 4.78 is 5.77. The zero-order valence-corrected chi connectivity index (χ0v) is 15.1. The Morgan fingerprint density at radius 1 is 1.16 bits per heavy atom.